The molecular weight excluding hydrogens is 545 g/mol. The van der Waals surface area contributed by atoms with Crippen LogP contribution in [0.2, 0.25) is 10.0 Å². The summed E-state index contributed by atoms with van der Waals surface area (Å²) in [5.74, 6) is -6.51. The number of ketones is 2. The first-order valence-electron chi connectivity index (χ1n) is 10.6. The molecule has 0 saturated carbocycles. The molecule has 3 aromatic carbocycles. The van der Waals surface area contributed by atoms with Gasteiger partial charge in [0, 0.05) is 17.2 Å². The molecule has 4 rings (SSSR count). The van der Waals surface area contributed by atoms with E-state index in [2.05, 4.69) is 0 Å². The Hall–Kier alpha value is -4.68. The van der Waals surface area contributed by atoms with E-state index in [9.17, 15) is 39.4 Å². The number of nitrogens with one attached hydrogen (secondary N) is 1. The van der Waals surface area contributed by atoms with Crippen molar-refractivity contribution < 1.29 is 33.8 Å². The lowest BCUT2D eigenvalue weighted by Gasteiger charge is -2.21. The van der Waals surface area contributed by atoms with Crippen molar-refractivity contribution in [2.24, 2.45) is 5.92 Å². The van der Waals surface area contributed by atoms with E-state index in [1.54, 1.807) is 12.1 Å². The molecule has 0 fully saturated rings. The number of esters is 1. The van der Waals surface area contributed by atoms with Crippen molar-refractivity contribution in [2.75, 3.05) is 5.32 Å². The minimum absolute atomic E-state index is 0.0153. The summed E-state index contributed by atoms with van der Waals surface area (Å²) in [4.78, 5) is 72.9. The van der Waals surface area contributed by atoms with Gasteiger partial charge in [-0.1, -0.05) is 41.4 Å². The topological polar surface area (TPSA) is 176 Å². The van der Waals surface area contributed by atoms with Crippen molar-refractivity contribution >= 4 is 63.7 Å². The number of rotatable bonds is 8. The van der Waals surface area contributed by atoms with Gasteiger partial charge in [-0.3, -0.25) is 34.6 Å². The van der Waals surface area contributed by atoms with Crippen LogP contribution in [-0.4, -0.2) is 33.3 Å². The molecule has 0 aliphatic carbocycles. The van der Waals surface area contributed by atoms with Crippen LogP contribution in [0.5, 0.6) is 0 Å². The van der Waals surface area contributed by atoms with E-state index >= 15 is 0 Å². The highest BCUT2D eigenvalue weighted by atomic mass is 35.5. The fourth-order valence-corrected chi connectivity index (χ4v) is 4.16. The highest BCUT2D eigenvalue weighted by molar-refractivity contribution is 6.46. The number of nitro benzene ring substituents is 2. The summed E-state index contributed by atoms with van der Waals surface area (Å²) in [6, 6.07) is 12.1. The van der Waals surface area contributed by atoms with E-state index in [0.29, 0.717) is 6.07 Å². The number of Topliss-reactive ketones (excluding diaryl/α,β-unsaturated/α-hetero) is 2. The molecule has 0 spiro atoms. The number of nitrogens with zero attached hydrogens (tertiary/aromatic N) is 2. The highest BCUT2D eigenvalue weighted by Gasteiger charge is 2.46. The summed E-state index contributed by atoms with van der Waals surface area (Å²) in [6.07, 6.45) is -1.49. The first-order chi connectivity index (χ1) is 18.0. The van der Waals surface area contributed by atoms with Crippen LogP contribution >= 0.6 is 23.2 Å². The average Bonchev–Trinajstić information content (AvgIpc) is 3.21. The van der Waals surface area contributed by atoms with E-state index in [4.69, 9.17) is 27.9 Å². The van der Waals surface area contributed by atoms with Crippen molar-refractivity contribution in [2.45, 2.75) is 6.10 Å². The number of hydrogen-bond acceptors (Lipinski definition) is 9. The lowest BCUT2D eigenvalue weighted by Crippen LogP contribution is -2.38. The minimum Gasteiger partial charge on any atom is -0.453 e. The Morgan fingerprint density at radius 3 is 2.29 bits per heavy atom. The van der Waals surface area contributed by atoms with Gasteiger partial charge in [-0.15, -0.1) is 0 Å². The number of halogens is 2. The van der Waals surface area contributed by atoms with E-state index < -0.39 is 62.4 Å². The van der Waals surface area contributed by atoms with Crippen LogP contribution in [0.3, 0.4) is 0 Å². The Kier molecular flexibility index (Phi) is 7.19. The van der Waals surface area contributed by atoms with Gasteiger partial charge in [0.05, 0.1) is 31.5 Å². The van der Waals surface area contributed by atoms with E-state index in [1.165, 1.54) is 30.3 Å². The number of nitro groups is 2. The zero-order valence-electron chi connectivity index (χ0n) is 18.8. The number of hydrogen-bond donors (Lipinski definition) is 1. The molecule has 12 nitrogen and oxygen atoms in total. The third kappa shape index (κ3) is 4.94. The number of cyclic esters (lactones) is 1. The average molecular weight is 558 g/mol. The van der Waals surface area contributed by atoms with Crippen LogP contribution < -0.4 is 5.32 Å². The smallest absolute Gasteiger partial charge is 0.339 e. The molecular formula is C24H13Cl2N3O9. The molecule has 0 radical (unpaired) electrons. The number of fused-ring (bicyclic) bond motifs is 1. The second-order valence-corrected chi connectivity index (χ2v) is 8.73. The van der Waals surface area contributed by atoms with Crippen molar-refractivity contribution in [1.29, 1.82) is 0 Å². The number of anilines is 1. The molecule has 14 heteroatoms. The third-order valence-corrected chi connectivity index (χ3v) is 6.39. The number of ether oxygens (including phenoxy) is 1. The van der Waals surface area contributed by atoms with Gasteiger partial charge in [0.2, 0.25) is 5.78 Å². The van der Waals surface area contributed by atoms with Crippen molar-refractivity contribution in [1.82, 2.24) is 0 Å². The largest absolute Gasteiger partial charge is 0.453 e. The number of carbonyl (C=O) groups is 4. The first kappa shape index (κ1) is 26.4. The van der Waals surface area contributed by atoms with Crippen molar-refractivity contribution in [3.63, 3.8) is 0 Å². The zero-order valence-corrected chi connectivity index (χ0v) is 20.3. The Morgan fingerprint density at radius 1 is 0.921 bits per heavy atom. The van der Waals surface area contributed by atoms with Crippen LogP contribution in [0.15, 0.2) is 60.7 Å². The van der Waals surface area contributed by atoms with Gasteiger partial charge < -0.3 is 10.1 Å². The summed E-state index contributed by atoms with van der Waals surface area (Å²) in [7, 11) is 0. The molecule has 3 aromatic rings. The molecule has 0 bridgehead atoms. The third-order valence-electron chi connectivity index (χ3n) is 5.65. The maximum absolute atomic E-state index is 13.5. The lowest BCUT2D eigenvalue weighted by atomic mass is 9.84. The molecule has 1 amide bonds. The summed E-state index contributed by atoms with van der Waals surface area (Å²) in [5.41, 5.74) is -1.86. The summed E-state index contributed by atoms with van der Waals surface area (Å²) >= 11 is 11.9. The molecule has 0 unspecified atom stereocenters. The predicted molar refractivity (Wildman–Crippen MR) is 132 cm³/mol. The van der Waals surface area contributed by atoms with Gasteiger partial charge in [-0.2, -0.15) is 0 Å². The molecule has 2 atom stereocenters. The van der Waals surface area contributed by atoms with Crippen LogP contribution in [0.1, 0.15) is 32.4 Å². The molecule has 0 aromatic heterocycles. The second kappa shape index (κ2) is 10.4. The quantitative estimate of drug-likeness (QED) is 0.102. The van der Waals surface area contributed by atoms with E-state index in [1.807, 2.05) is 5.32 Å². The predicted octanol–water partition coefficient (Wildman–Crippen LogP) is 4.73. The Labute approximate surface area is 222 Å². The van der Waals surface area contributed by atoms with E-state index in [-0.39, 0.29) is 26.7 Å². The molecule has 1 aliphatic heterocycles. The Bertz CT molecular complexity index is 1560. The second-order valence-electron chi connectivity index (χ2n) is 7.92. The van der Waals surface area contributed by atoms with Gasteiger partial charge in [-0.05, 0) is 30.3 Å². The van der Waals surface area contributed by atoms with Crippen molar-refractivity contribution in [3.05, 3.63) is 108 Å². The molecule has 1 aliphatic rings. The molecule has 192 valence electrons. The van der Waals surface area contributed by atoms with Crippen LogP contribution in [-0.2, 0) is 14.3 Å². The van der Waals surface area contributed by atoms with Crippen molar-refractivity contribution in [3.8, 4) is 0 Å². The van der Waals surface area contributed by atoms with E-state index in [0.717, 1.165) is 12.1 Å². The highest BCUT2D eigenvalue weighted by Crippen LogP contribution is 2.39. The first-order valence-corrected chi connectivity index (χ1v) is 11.3. The van der Waals surface area contributed by atoms with Gasteiger partial charge in [0.25, 0.3) is 17.3 Å². The zero-order chi connectivity index (χ0) is 27.7. The summed E-state index contributed by atoms with van der Waals surface area (Å²) < 4.78 is 5.31. The standard InChI is InChI=1S/C24H13Cl2N3O9/c25-15-7-5-11(9-16(15)26)20(30)19(22-13-3-1-2-4-14(13)24(33)38-22)21(31)23(32)27-17-8-6-12(28(34)35)10-18(17)29(36)37/h1-10,19,22H,(H,27,32)/t19-,22-/m1/s1. The molecule has 38 heavy (non-hydrogen) atoms. The van der Waals surface area contributed by atoms with Crippen LogP contribution in [0, 0.1) is 26.1 Å². The van der Waals surface area contributed by atoms with Gasteiger partial charge in [-0.25, -0.2) is 4.79 Å². The lowest BCUT2D eigenvalue weighted by molar-refractivity contribution is -0.393. The minimum atomic E-state index is -1.91. The molecule has 1 N–H and O–H groups in total. The van der Waals surface area contributed by atoms with Gasteiger partial charge in [0.15, 0.2) is 5.78 Å². The SMILES string of the molecule is O=C(Nc1ccc([N+](=O)[O-])cc1[N+](=O)[O-])C(=O)[C@@H](C(=O)c1ccc(Cl)c(Cl)c1)[C@@H]1OC(=O)c2ccccc21. The molecule has 1 heterocycles. The normalized spacial score (nSPS) is 14.7. The maximum Gasteiger partial charge on any atom is 0.339 e. The summed E-state index contributed by atoms with van der Waals surface area (Å²) in [6.45, 7) is 0. The maximum atomic E-state index is 13.5. The fraction of sp³-hybridized carbons (Fsp3) is 0.0833. The number of non-ortho nitro benzene ring substituents is 1. The van der Waals surface area contributed by atoms with Crippen LogP contribution in [0.4, 0.5) is 17.1 Å². The van der Waals surface area contributed by atoms with Gasteiger partial charge >= 0.3 is 5.97 Å². The Balaban J connectivity index is 1.74. The van der Waals surface area contributed by atoms with Crippen LogP contribution in [0.25, 0.3) is 0 Å². The number of carbonyl (C=O) groups excluding carboxylic acids is 4. The monoisotopic (exact) mass is 557 g/mol. The van der Waals surface area contributed by atoms with Gasteiger partial charge in [0.1, 0.15) is 17.7 Å². The number of amides is 1. The number of benzene rings is 3. The summed E-state index contributed by atoms with van der Waals surface area (Å²) in [5, 5.41) is 24.5. The Morgan fingerprint density at radius 2 is 1.63 bits per heavy atom. The fourth-order valence-electron chi connectivity index (χ4n) is 3.86. The molecule has 0 saturated heterocycles.